The first-order valence-electron chi connectivity index (χ1n) is 13.1. The molecule has 0 unspecified atom stereocenters. The van der Waals surface area contributed by atoms with Crippen LogP contribution in [0.25, 0.3) is 52.6 Å². The fourth-order valence-corrected chi connectivity index (χ4v) is 7.85. The molecule has 37 heavy (non-hydrogen) atoms. The maximum absolute atomic E-state index is 4.92. The van der Waals surface area contributed by atoms with Crippen LogP contribution in [-0.4, -0.2) is 4.98 Å². The van der Waals surface area contributed by atoms with Gasteiger partial charge in [0.2, 0.25) is 0 Å². The van der Waals surface area contributed by atoms with E-state index in [-0.39, 0.29) is 5.41 Å². The van der Waals surface area contributed by atoms with Crippen LogP contribution < -0.4 is 0 Å². The van der Waals surface area contributed by atoms with E-state index < -0.39 is 0 Å². The van der Waals surface area contributed by atoms with Crippen LogP contribution in [0.4, 0.5) is 0 Å². The average Bonchev–Trinajstić information content (AvgIpc) is 3.43. The second kappa shape index (κ2) is 9.08. The van der Waals surface area contributed by atoms with E-state index in [1.54, 1.807) is 0 Å². The molecule has 3 aromatic heterocycles. The van der Waals surface area contributed by atoms with Gasteiger partial charge in [-0.3, -0.25) is 4.98 Å². The highest BCUT2D eigenvalue weighted by molar-refractivity contribution is 7.22. The SMILES string of the molecule is Cc1c(CC(C)C)sc2ccc(-c3cc4c(-c5cc(C(C)(C)C)c6ccccc6c5)nccc4s3)cc12. The molecular formula is C34H33NS2. The van der Waals surface area contributed by atoms with E-state index in [9.17, 15) is 0 Å². The molecular weight excluding hydrogens is 487 g/mol. The summed E-state index contributed by atoms with van der Waals surface area (Å²) in [6.45, 7) is 13.8. The summed E-state index contributed by atoms with van der Waals surface area (Å²) in [5.41, 5.74) is 6.43. The molecule has 186 valence electrons. The van der Waals surface area contributed by atoms with Crippen LogP contribution in [0.2, 0.25) is 0 Å². The van der Waals surface area contributed by atoms with Crippen LogP contribution in [0.3, 0.4) is 0 Å². The van der Waals surface area contributed by atoms with Crippen molar-refractivity contribution in [2.75, 3.05) is 0 Å². The summed E-state index contributed by atoms with van der Waals surface area (Å²) in [4.78, 5) is 7.75. The van der Waals surface area contributed by atoms with Crippen LogP contribution >= 0.6 is 22.7 Å². The highest BCUT2D eigenvalue weighted by Gasteiger charge is 2.20. The molecule has 0 saturated heterocycles. The number of hydrogen-bond donors (Lipinski definition) is 0. The van der Waals surface area contributed by atoms with Crippen LogP contribution in [0, 0.1) is 12.8 Å². The third-order valence-corrected chi connectivity index (χ3v) is 9.75. The van der Waals surface area contributed by atoms with Crippen LogP contribution in [0.15, 0.2) is 72.9 Å². The number of hydrogen-bond acceptors (Lipinski definition) is 3. The van der Waals surface area contributed by atoms with Gasteiger partial charge in [-0.2, -0.15) is 0 Å². The molecule has 3 heterocycles. The number of aryl methyl sites for hydroxylation is 1. The summed E-state index contributed by atoms with van der Waals surface area (Å²) in [5, 5.41) is 5.24. The molecule has 3 heteroatoms. The highest BCUT2D eigenvalue weighted by atomic mass is 32.1. The van der Waals surface area contributed by atoms with Crippen molar-refractivity contribution in [2.24, 2.45) is 5.92 Å². The number of aromatic nitrogens is 1. The van der Waals surface area contributed by atoms with Crippen molar-refractivity contribution in [3.8, 4) is 21.7 Å². The number of benzene rings is 3. The maximum Gasteiger partial charge on any atom is 0.0789 e. The zero-order valence-electron chi connectivity index (χ0n) is 22.5. The Kier molecular flexibility index (Phi) is 5.97. The minimum atomic E-state index is 0.0472. The van der Waals surface area contributed by atoms with Crippen molar-refractivity contribution in [1.82, 2.24) is 4.98 Å². The molecule has 0 radical (unpaired) electrons. The Hall–Kier alpha value is -3.01. The summed E-state index contributed by atoms with van der Waals surface area (Å²) in [6.07, 6.45) is 3.12. The van der Waals surface area contributed by atoms with Gasteiger partial charge >= 0.3 is 0 Å². The molecule has 0 amide bonds. The standard InChI is InChI=1S/C34H33NS2/c1-20(2)15-31-21(3)26-17-23(11-12-29(26)36-31)32-19-27-30(37-32)13-14-35-33(27)24-16-22-9-7-8-10-25(22)28(18-24)34(4,5)6/h7-14,16-20H,15H2,1-6H3. The largest absolute Gasteiger partial charge is 0.256 e. The lowest BCUT2D eigenvalue weighted by molar-refractivity contribution is 0.596. The van der Waals surface area contributed by atoms with Gasteiger partial charge in [0.1, 0.15) is 0 Å². The number of thiophene rings is 2. The second-order valence-corrected chi connectivity index (χ2v) is 13.9. The molecule has 0 aliphatic heterocycles. The molecule has 0 saturated carbocycles. The van der Waals surface area contributed by atoms with Gasteiger partial charge in [0.15, 0.2) is 0 Å². The van der Waals surface area contributed by atoms with Gasteiger partial charge in [-0.25, -0.2) is 0 Å². The lowest BCUT2D eigenvalue weighted by Crippen LogP contribution is -2.12. The van der Waals surface area contributed by atoms with Gasteiger partial charge < -0.3 is 0 Å². The topological polar surface area (TPSA) is 12.9 Å². The Labute approximate surface area is 227 Å². The first kappa shape index (κ1) is 24.3. The maximum atomic E-state index is 4.92. The average molecular weight is 520 g/mol. The van der Waals surface area contributed by atoms with Gasteiger partial charge in [0.25, 0.3) is 0 Å². The summed E-state index contributed by atoms with van der Waals surface area (Å²) < 4.78 is 2.68. The molecule has 6 aromatic rings. The second-order valence-electron chi connectivity index (χ2n) is 11.6. The molecule has 0 fully saturated rings. The molecule has 0 bridgehead atoms. The van der Waals surface area contributed by atoms with E-state index in [0.29, 0.717) is 5.92 Å². The molecule has 0 spiro atoms. The Morgan fingerprint density at radius 1 is 0.784 bits per heavy atom. The Morgan fingerprint density at radius 3 is 2.35 bits per heavy atom. The van der Waals surface area contributed by atoms with Crippen LogP contribution in [-0.2, 0) is 11.8 Å². The predicted octanol–water partition coefficient (Wildman–Crippen LogP) is 10.8. The van der Waals surface area contributed by atoms with Crippen molar-refractivity contribution in [2.45, 2.75) is 53.4 Å². The van der Waals surface area contributed by atoms with Gasteiger partial charge in [0.05, 0.1) is 5.69 Å². The highest BCUT2D eigenvalue weighted by Crippen LogP contribution is 2.42. The van der Waals surface area contributed by atoms with Gasteiger partial charge in [0, 0.05) is 36.3 Å². The van der Waals surface area contributed by atoms with E-state index in [1.165, 1.54) is 63.0 Å². The summed E-state index contributed by atoms with van der Waals surface area (Å²) >= 11 is 3.83. The fraction of sp³-hybridized carbons (Fsp3) is 0.265. The molecule has 0 aliphatic rings. The molecule has 0 atom stereocenters. The zero-order chi connectivity index (χ0) is 25.9. The van der Waals surface area contributed by atoms with Crippen molar-refractivity contribution in [1.29, 1.82) is 0 Å². The Bertz CT molecular complexity index is 1780. The first-order valence-corrected chi connectivity index (χ1v) is 14.8. The minimum absolute atomic E-state index is 0.0472. The van der Waals surface area contributed by atoms with Crippen molar-refractivity contribution < 1.29 is 0 Å². The summed E-state index contributed by atoms with van der Waals surface area (Å²) in [7, 11) is 0. The summed E-state index contributed by atoms with van der Waals surface area (Å²) in [6, 6.07) is 24.9. The van der Waals surface area contributed by atoms with Crippen molar-refractivity contribution in [3.05, 3.63) is 88.9 Å². The fourth-order valence-electron chi connectivity index (χ4n) is 5.39. The smallest absolute Gasteiger partial charge is 0.0789 e. The third-order valence-electron chi connectivity index (χ3n) is 7.30. The lowest BCUT2D eigenvalue weighted by Gasteiger charge is -2.22. The zero-order valence-corrected chi connectivity index (χ0v) is 24.1. The quantitative estimate of drug-likeness (QED) is 0.226. The van der Waals surface area contributed by atoms with E-state index in [4.69, 9.17) is 4.98 Å². The van der Waals surface area contributed by atoms with Crippen LogP contribution in [0.1, 0.15) is 50.6 Å². The number of nitrogens with zero attached hydrogens (tertiary/aromatic N) is 1. The molecule has 1 nitrogen and oxygen atoms in total. The molecule has 0 N–H and O–H groups in total. The van der Waals surface area contributed by atoms with Gasteiger partial charge in [-0.1, -0.05) is 65.0 Å². The first-order chi connectivity index (χ1) is 17.7. The van der Waals surface area contributed by atoms with Crippen molar-refractivity contribution in [3.63, 3.8) is 0 Å². The molecule has 0 aliphatic carbocycles. The van der Waals surface area contributed by atoms with Gasteiger partial charge in [-0.05, 0) is 93.9 Å². The number of rotatable bonds is 4. The van der Waals surface area contributed by atoms with Crippen LogP contribution in [0.5, 0.6) is 0 Å². The van der Waals surface area contributed by atoms with E-state index in [2.05, 4.69) is 108 Å². The van der Waals surface area contributed by atoms with E-state index in [1.807, 2.05) is 28.9 Å². The monoisotopic (exact) mass is 519 g/mol. The minimum Gasteiger partial charge on any atom is -0.256 e. The normalized spacial score (nSPS) is 12.4. The third kappa shape index (κ3) is 4.39. The number of fused-ring (bicyclic) bond motifs is 3. The predicted molar refractivity (Wildman–Crippen MR) is 165 cm³/mol. The summed E-state index contributed by atoms with van der Waals surface area (Å²) in [5.74, 6) is 0.675. The van der Waals surface area contributed by atoms with E-state index in [0.717, 1.165) is 12.1 Å². The number of pyridine rings is 1. The van der Waals surface area contributed by atoms with Gasteiger partial charge in [-0.15, -0.1) is 22.7 Å². The molecule has 6 rings (SSSR count). The lowest BCUT2D eigenvalue weighted by atomic mass is 9.82. The molecule has 3 aromatic carbocycles. The van der Waals surface area contributed by atoms with E-state index >= 15 is 0 Å². The van der Waals surface area contributed by atoms with Crippen molar-refractivity contribution >= 4 is 53.6 Å². The Morgan fingerprint density at radius 2 is 1.57 bits per heavy atom. The Balaban J connectivity index is 1.49.